The van der Waals surface area contributed by atoms with E-state index in [4.69, 9.17) is 14.2 Å². The SMILES string of the molecule is CC[C@H](CCCO)CC[C@@H]1Cc2cc(O)ccc2-c2c(OC)cc3c(c21)C[C@@H](O)[C@H](c1ccc(O)c(OC)c1)O3. The van der Waals surface area contributed by atoms with Crippen molar-refractivity contribution in [1.82, 2.24) is 0 Å². The van der Waals surface area contributed by atoms with Gasteiger partial charge in [0.25, 0.3) is 0 Å². The van der Waals surface area contributed by atoms with E-state index in [2.05, 4.69) is 6.92 Å². The first-order valence-electron chi connectivity index (χ1n) is 14.3. The first-order valence-corrected chi connectivity index (χ1v) is 14.3. The second-order valence-electron chi connectivity index (χ2n) is 11.0. The maximum Gasteiger partial charge on any atom is 0.160 e. The summed E-state index contributed by atoms with van der Waals surface area (Å²) in [5, 5.41) is 41.1. The number of rotatable bonds is 10. The van der Waals surface area contributed by atoms with Gasteiger partial charge in [0.2, 0.25) is 0 Å². The van der Waals surface area contributed by atoms with E-state index in [1.807, 2.05) is 18.2 Å². The van der Waals surface area contributed by atoms with Gasteiger partial charge >= 0.3 is 0 Å². The van der Waals surface area contributed by atoms with Crippen molar-refractivity contribution in [1.29, 1.82) is 0 Å². The lowest BCUT2D eigenvalue weighted by atomic mass is 9.72. The van der Waals surface area contributed by atoms with E-state index in [-0.39, 0.29) is 24.0 Å². The molecule has 0 aromatic heterocycles. The molecule has 0 radical (unpaired) electrons. The molecule has 1 heterocycles. The Morgan fingerprint density at radius 3 is 2.50 bits per heavy atom. The van der Waals surface area contributed by atoms with Crippen LogP contribution in [0.25, 0.3) is 11.1 Å². The third kappa shape index (κ3) is 5.32. The van der Waals surface area contributed by atoms with E-state index >= 15 is 0 Å². The minimum atomic E-state index is -0.797. The predicted octanol–water partition coefficient (Wildman–Crippen LogP) is 6.04. The van der Waals surface area contributed by atoms with Crippen molar-refractivity contribution < 1.29 is 34.6 Å². The number of phenols is 2. The number of methoxy groups -OCH3 is 2. The molecule has 0 amide bonds. The number of aliphatic hydroxyl groups excluding tert-OH is 2. The molecule has 0 bridgehead atoms. The minimum absolute atomic E-state index is 0.0320. The molecular weight excluding hydrogens is 508 g/mol. The van der Waals surface area contributed by atoms with Crippen LogP contribution >= 0.6 is 0 Å². The molecule has 40 heavy (non-hydrogen) atoms. The van der Waals surface area contributed by atoms with Crippen molar-refractivity contribution in [2.75, 3.05) is 20.8 Å². The Labute approximate surface area is 236 Å². The van der Waals surface area contributed by atoms with Crippen molar-refractivity contribution in [3.05, 3.63) is 64.7 Å². The lowest BCUT2D eigenvalue weighted by Crippen LogP contribution is -2.32. The van der Waals surface area contributed by atoms with Gasteiger partial charge in [0.05, 0.1) is 20.3 Å². The van der Waals surface area contributed by atoms with Crippen LogP contribution in [-0.2, 0) is 12.8 Å². The van der Waals surface area contributed by atoms with Crippen molar-refractivity contribution >= 4 is 0 Å². The van der Waals surface area contributed by atoms with Gasteiger partial charge in [-0.1, -0.05) is 25.5 Å². The van der Waals surface area contributed by atoms with Crippen molar-refractivity contribution in [3.8, 4) is 39.9 Å². The maximum absolute atomic E-state index is 11.4. The highest BCUT2D eigenvalue weighted by Crippen LogP contribution is 2.53. The zero-order valence-corrected chi connectivity index (χ0v) is 23.5. The smallest absolute Gasteiger partial charge is 0.160 e. The van der Waals surface area contributed by atoms with Gasteiger partial charge in [0.1, 0.15) is 23.4 Å². The quantitative estimate of drug-likeness (QED) is 0.245. The average Bonchev–Trinajstić information content (AvgIpc) is 2.96. The van der Waals surface area contributed by atoms with Crippen LogP contribution in [0, 0.1) is 5.92 Å². The number of phenolic OH excluding ortho intramolecular Hbond substituents is 2. The van der Waals surface area contributed by atoms with E-state index in [0.29, 0.717) is 29.6 Å². The first kappa shape index (κ1) is 28.1. The van der Waals surface area contributed by atoms with Crippen LogP contribution in [0.2, 0.25) is 0 Å². The van der Waals surface area contributed by atoms with E-state index in [1.54, 1.807) is 31.4 Å². The highest BCUT2D eigenvalue weighted by molar-refractivity contribution is 5.83. The molecule has 1 aliphatic heterocycles. The molecule has 2 aliphatic rings. The normalized spacial score (nSPS) is 20.1. The summed E-state index contributed by atoms with van der Waals surface area (Å²) >= 11 is 0. The molecule has 0 spiro atoms. The molecule has 1 aliphatic carbocycles. The molecule has 5 rings (SSSR count). The first-order chi connectivity index (χ1) is 19.4. The molecule has 4 atom stereocenters. The van der Waals surface area contributed by atoms with Crippen molar-refractivity contribution in [2.24, 2.45) is 5.92 Å². The van der Waals surface area contributed by atoms with Gasteiger partial charge < -0.3 is 34.6 Å². The summed E-state index contributed by atoms with van der Waals surface area (Å²) < 4.78 is 17.7. The summed E-state index contributed by atoms with van der Waals surface area (Å²) in [5.74, 6) is 2.70. The van der Waals surface area contributed by atoms with E-state index in [1.165, 1.54) is 7.11 Å². The van der Waals surface area contributed by atoms with Crippen LogP contribution in [0.1, 0.15) is 73.3 Å². The minimum Gasteiger partial charge on any atom is -0.508 e. The molecule has 0 saturated carbocycles. The fraction of sp³-hybridized carbons (Fsp3) is 0.455. The van der Waals surface area contributed by atoms with Crippen LogP contribution < -0.4 is 14.2 Å². The van der Waals surface area contributed by atoms with Crippen LogP contribution in [-0.4, -0.2) is 47.4 Å². The molecule has 4 N–H and O–H groups in total. The van der Waals surface area contributed by atoms with E-state index in [9.17, 15) is 20.4 Å². The third-order valence-corrected chi connectivity index (χ3v) is 8.67. The van der Waals surface area contributed by atoms with Gasteiger partial charge in [-0.25, -0.2) is 0 Å². The number of benzene rings is 3. The number of aromatic hydroxyl groups is 2. The average molecular weight is 549 g/mol. The van der Waals surface area contributed by atoms with Gasteiger partial charge in [-0.15, -0.1) is 0 Å². The molecular formula is C33H40O7. The predicted molar refractivity (Wildman–Crippen MR) is 154 cm³/mol. The number of aliphatic hydroxyl groups is 2. The van der Waals surface area contributed by atoms with Crippen LogP contribution in [0.4, 0.5) is 0 Å². The van der Waals surface area contributed by atoms with Crippen LogP contribution in [0.3, 0.4) is 0 Å². The largest absolute Gasteiger partial charge is 0.508 e. The number of fused-ring (bicyclic) bond motifs is 5. The molecule has 214 valence electrons. The fourth-order valence-electron chi connectivity index (χ4n) is 6.57. The number of hydrogen-bond acceptors (Lipinski definition) is 7. The van der Waals surface area contributed by atoms with Crippen molar-refractivity contribution in [2.45, 2.75) is 70.0 Å². The second kappa shape index (κ2) is 12.0. The highest BCUT2D eigenvalue weighted by atomic mass is 16.5. The third-order valence-electron chi connectivity index (χ3n) is 8.67. The second-order valence-corrected chi connectivity index (χ2v) is 11.0. The lowest BCUT2D eigenvalue weighted by molar-refractivity contribution is 0.0201. The summed E-state index contributed by atoms with van der Waals surface area (Å²) in [6.45, 7) is 2.42. The molecule has 3 aromatic rings. The van der Waals surface area contributed by atoms with Gasteiger partial charge in [-0.3, -0.25) is 0 Å². The Morgan fingerprint density at radius 2 is 1.77 bits per heavy atom. The molecule has 7 heteroatoms. The van der Waals surface area contributed by atoms with Gasteiger partial charge in [-0.05, 0) is 90.5 Å². The maximum atomic E-state index is 11.4. The Hall–Kier alpha value is -3.42. The van der Waals surface area contributed by atoms with E-state index in [0.717, 1.165) is 71.9 Å². The fourth-order valence-corrected chi connectivity index (χ4v) is 6.57. The van der Waals surface area contributed by atoms with Crippen LogP contribution in [0.5, 0.6) is 28.7 Å². The molecule has 3 aromatic carbocycles. The Kier molecular flexibility index (Phi) is 8.43. The Bertz CT molecular complexity index is 1350. The summed E-state index contributed by atoms with van der Waals surface area (Å²) in [6.07, 6.45) is 4.62. The van der Waals surface area contributed by atoms with Gasteiger partial charge in [0, 0.05) is 30.2 Å². The van der Waals surface area contributed by atoms with Gasteiger partial charge in [0.15, 0.2) is 11.5 Å². The summed E-state index contributed by atoms with van der Waals surface area (Å²) in [4.78, 5) is 0. The van der Waals surface area contributed by atoms with E-state index < -0.39 is 12.2 Å². The highest BCUT2D eigenvalue weighted by Gasteiger charge is 2.38. The summed E-state index contributed by atoms with van der Waals surface area (Å²) in [5.41, 5.74) is 6.01. The standard InChI is InChI=1S/C33H40O7/c1-4-19(6-5-13-34)7-8-20-14-22-15-23(35)10-11-24(22)32-30(39-3)18-28-25(31(20)32)17-27(37)33(40-28)21-9-12-26(36)29(16-21)38-2/h9-12,15-16,18-20,27,33-37H,4-8,13-14,17H2,1-3H3/t19-,20-,27-,33+/m1/s1. The van der Waals surface area contributed by atoms with Gasteiger partial charge in [-0.2, -0.15) is 0 Å². The van der Waals surface area contributed by atoms with Crippen LogP contribution in [0.15, 0.2) is 42.5 Å². The molecule has 0 saturated heterocycles. The Balaban J connectivity index is 1.58. The van der Waals surface area contributed by atoms with Crippen molar-refractivity contribution in [3.63, 3.8) is 0 Å². The number of hydrogen-bond donors (Lipinski definition) is 4. The zero-order valence-electron chi connectivity index (χ0n) is 23.5. The number of ether oxygens (including phenoxy) is 3. The summed E-state index contributed by atoms with van der Waals surface area (Å²) in [7, 11) is 3.15. The Morgan fingerprint density at radius 1 is 0.975 bits per heavy atom. The zero-order chi connectivity index (χ0) is 28.4. The molecule has 0 fully saturated rings. The lowest BCUT2D eigenvalue weighted by Gasteiger charge is -2.38. The topological polar surface area (TPSA) is 109 Å². The molecule has 0 unspecified atom stereocenters. The molecule has 7 nitrogen and oxygen atoms in total. The summed E-state index contributed by atoms with van der Waals surface area (Å²) in [6, 6.07) is 12.4. The monoisotopic (exact) mass is 548 g/mol.